The number of thiol groups is 1. The largest absolute Gasteiger partial charge is 0.460 e. The zero-order chi connectivity index (χ0) is 35.8. The lowest BCUT2D eigenvalue weighted by molar-refractivity contribution is -0.147. The number of hydrogen-bond acceptors (Lipinski definition) is 9. The van der Waals surface area contributed by atoms with Gasteiger partial charge in [-0.1, -0.05) is 121 Å². The molecule has 0 aliphatic heterocycles. The first-order chi connectivity index (χ1) is 24.2. The number of hydrogen-bond donors (Lipinski definition) is 3. The van der Waals surface area contributed by atoms with Crippen LogP contribution in [0.2, 0.25) is 0 Å². The molecule has 0 aliphatic rings. The number of rotatable bonds is 18. The standard InChI is InChI=1S/C38H42N3O7PS/c39-33(38(45)48-25-30-15-7-2-8-16-30)21-22-35(42)41(34(28-50)37(44)40-23-36(43)47-24-29-13-5-1-6-14-29)49(46,26-31-17-9-3-10-18-31)27-32-19-11-4-12-20-32/h1-20,33-34,50H,21-28,39H2,(H,40,44). The van der Waals surface area contributed by atoms with Crippen LogP contribution in [0, 0.1) is 0 Å². The van der Waals surface area contributed by atoms with Crippen LogP contribution in [0.5, 0.6) is 0 Å². The Morgan fingerprint density at radius 2 is 1.14 bits per heavy atom. The highest BCUT2D eigenvalue weighted by Gasteiger charge is 2.42. The molecule has 2 atom stereocenters. The van der Waals surface area contributed by atoms with Crippen molar-refractivity contribution in [3.63, 3.8) is 0 Å². The van der Waals surface area contributed by atoms with Gasteiger partial charge in [-0.05, 0) is 28.7 Å². The van der Waals surface area contributed by atoms with Crippen LogP contribution in [-0.4, -0.2) is 52.8 Å². The lowest BCUT2D eigenvalue weighted by Crippen LogP contribution is -2.50. The third kappa shape index (κ3) is 11.7. The van der Waals surface area contributed by atoms with Crippen molar-refractivity contribution < 1.29 is 33.2 Å². The summed E-state index contributed by atoms with van der Waals surface area (Å²) in [5.74, 6) is -2.95. The number of ether oxygens (including phenoxy) is 2. The average Bonchev–Trinajstić information content (AvgIpc) is 3.14. The van der Waals surface area contributed by atoms with Crippen molar-refractivity contribution in [2.24, 2.45) is 5.73 Å². The monoisotopic (exact) mass is 715 g/mol. The molecule has 4 aromatic rings. The lowest BCUT2D eigenvalue weighted by atomic mass is 10.1. The number of amides is 2. The van der Waals surface area contributed by atoms with E-state index in [0.29, 0.717) is 11.1 Å². The maximum absolute atomic E-state index is 15.3. The highest BCUT2D eigenvalue weighted by Crippen LogP contribution is 2.57. The Morgan fingerprint density at radius 3 is 1.60 bits per heavy atom. The number of nitrogens with one attached hydrogen (secondary N) is 1. The van der Waals surface area contributed by atoms with E-state index in [1.54, 1.807) is 60.7 Å². The summed E-state index contributed by atoms with van der Waals surface area (Å²) in [5.41, 5.74) is 9.11. The predicted molar refractivity (Wildman–Crippen MR) is 195 cm³/mol. The van der Waals surface area contributed by atoms with Crippen LogP contribution in [0.25, 0.3) is 0 Å². The van der Waals surface area contributed by atoms with Gasteiger partial charge in [0.15, 0.2) is 7.29 Å². The van der Waals surface area contributed by atoms with Crippen LogP contribution < -0.4 is 11.1 Å². The minimum Gasteiger partial charge on any atom is -0.460 e. The van der Waals surface area contributed by atoms with Gasteiger partial charge in [-0.3, -0.25) is 28.4 Å². The fourth-order valence-electron chi connectivity index (χ4n) is 5.26. The van der Waals surface area contributed by atoms with Crippen LogP contribution >= 0.6 is 19.9 Å². The zero-order valence-electron chi connectivity index (χ0n) is 27.6. The molecule has 0 aliphatic carbocycles. The van der Waals surface area contributed by atoms with Gasteiger partial charge in [0.05, 0.1) is 0 Å². The summed E-state index contributed by atoms with van der Waals surface area (Å²) in [4.78, 5) is 53.2. The average molecular weight is 716 g/mol. The SMILES string of the molecule is NC(CCC(=O)N(C(CS)C(=O)NCC(=O)OCc1ccccc1)P(=O)(Cc1ccccc1)Cc1ccccc1)C(=O)OCc1ccccc1. The zero-order valence-corrected chi connectivity index (χ0v) is 29.4. The molecule has 262 valence electrons. The summed E-state index contributed by atoms with van der Waals surface area (Å²) in [7, 11) is -3.79. The molecule has 0 saturated carbocycles. The van der Waals surface area contributed by atoms with Gasteiger partial charge in [-0.25, -0.2) is 0 Å². The molecule has 4 aromatic carbocycles. The van der Waals surface area contributed by atoms with Gasteiger partial charge in [0, 0.05) is 24.5 Å². The first-order valence-electron chi connectivity index (χ1n) is 16.2. The maximum Gasteiger partial charge on any atom is 0.325 e. The van der Waals surface area contributed by atoms with Gasteiger partial charge < -0.3 is 20.5 Å². The van der Waals surface area contributed by atoms with Gasteiger partial charge in [0.2, 0.25) is 11.8 Å². The summed E-state index contributed by atoms with van der Waals surface area (Å²) in [5, 5.41) is 2.54. The second kappa shape index (κ2) is 19.5. The van der Waals surface area contributed by atoms with Crippen LogP contribution in [0.4, 0.5) is 0 Å². The van der Waals surface area contributed by atoms with Gasteiger partial charge in [0.1, 0.15) is 31.8 Å². The van der Waals surface area contributed by atoms with Crippen molar-refractivity contribution in [1.82, 2.24) is 9.99 Å². The van der Waals surface area contributed by atoms with E-state index in [1.165, 1.54) is 0 Å². The van der Waals surface area contributed by atoms with Crippen LogP contribution in [0.3, 0.4) is 0 Å². The summed E-state index contributed by atoms with van der Waals surface area (Å²) >= 11 is 4.42. The second-order valence-electron chi connectivity index (χ2n) is 11.7. The molecule has 3 N–H and O–H groups in total. The molecule has 0 aromatic heterocycles. The van der Waals surface area contributed by atoms with Crippen LogP contribution in [-0.2, 0) is 58.8 Å². The Bertz CT molecular complexity index is 1690. The third-order valence-corrected chi connectivity index (χ3v) is 11.2. The molecule has 0 spiro atoms. The molecule has 0 heterocycles. The minimum absolute atomic E-state index is 0.0203. The molecule has 0 bridgehead atoms. The van der Waals surface area contributed by atoms with E-state index in [1.807, 2.05) is 60.7 Å². The quantitative estimate of drug-likeness (QED) is 0.0696. The number of nitrogens with zero attached hydrogens (tertiary/aromatic N) is 1. The first-order valence-corrected chi connectivity index (χ1v) is 18.9. The van der Waals surface area contributed by atoms with E-state index in [4.69, 9.17) is 15.2 Å². The van der Waals surface area contributed by atoms with E-state index >= 15 is 4.57 Å². The second-order valence-corrected chi connectivity index (χ2v) is 14.8. The Balaban J connectivity index is 1.55. The molecule has 4 rings (SSSR count). The Labute approximate surface area is 298 Å². The van der Waals surface area contributed by atoms with E-state index in [-0.39, 0.29) is 44.1 Å². The number of carbonyl (C=O) groups excluding carboxylic acids is 4. The third-order valence-electron chi connectivity index (χ3n) is 7.81. The van der Waals surface area contributed by atoms with E-state index < -0.39 is 49.7 Å². The fourth-order valence-corrected chi connectivity index (χ4v) is 8.90. The summed E-state index contributed by atoms with van der Waals surface area (Å²) in [6, 6.07) is 33.8. The fraction of sp³-hybridized carbons (Fsp3) is 0.263. The Morgan fingerprint density at radius 1 is 0.700 bits per heavy atom. The summed E-state index contributed by atoms with van der Waals surface area (Å²) < 4.78 is 27.1. The molecular formula is C38H42N3O7PS. The summed E-state index contributed by atoms with van der Waals surface area (Å²) in [6.07, 6.45) is -0.481. The highest BCUT2D eigenvalue weighted by molar-refractivity contribution is 7.80. The molecule has 12 heteroatoms. The Kier molecular flexibility index (Phi) is 14.8. The number of esters is 2. The highest BCUT2D eigenvalue weighted by atomic mass is 32.1. The van der Waals surface area contributed by atoms with Crippen molar-refractivity contribution in [3.8, 4) is 0 Å². The van der Waals surface area contributed by atoms with Gasteiger partial charge >= 0.3 is 11.9 Å². The van der Waals surface area contributed by atoms with Crippen LogP contribution in [0.1, 0.15) is 35.1 Å². The maximum atomic E-state index is 15.3. The van der Waals surface area contributed by atoms with Crippen molar-refractivity contribution in [3.05, 3.63) is 144 Å². The smallest absolute Gasteiger partial charge is 0.325 e. The van der Waals surface area contributed by atoms with Crippen molar-refractivity contribution in [1.29, 1.82) is 0 Å². The first kappa shape index (κ1) is 38.1. The molecule has 0 saturated heterocycles. The van der Waals surface area contributed by atoms with Crippen molar-refractivity contribution >= 4 is 43.7 Å². The molecular weight excluding hydrogens is 673 g/mol. The number of nitrogens with two attached hydrogens (primary N) is 1. The molecule has 0 fully saturated rings. The topological polar surface area (TPSA) is 145 Å². The molecule has 0 radical (unpaired) electrons. The summed E-state index contributed by atoms with van der Waals surface area (Å²) in [6.45, 7) is -0.433. The van der Waals surface area contributed by atoms with Gasteiger partial charge in [-0.15, -0.1) is 0 Å². The number of benzene rings is 4. The van der Waals surface area contributed by atoms with E-state index in [9.17, 15) is 19.2 Å². The van der Waals surface area contributed by atoms with Crippen LogP contribution in [0.15, 0.2) is 121 Å². The van der Waals surface area contributed by atoms with E-state index in [0.717, 1.165) is 15.8 Å². The molecule has 10 nitrogen and oxygen atoms in total. The van der Waals surface area contributed by atoms with E-state index in [2.05, 4.69) is 17.9 Å². The van der Waals surface area contributed by atoms with Crippen molar-refractivity contribution in [2.75, 3.05) is 12.3 Å². The molecule has 2 unspecified atom stereocenters. The molecule has 2 amide bonds. The minimum atomic E-state index is -3.79. The number of carbonyl (C=O) groups is 4. The normalized spacial score (nSPS) is 12.3. The lowest BCUT2D eigenvalue weighted by Gasteiger charge is -2.37. The predicted octanol–water partition coefficient (Wildman–Crippen LogP) is 5.50. The van der Waals surface area contributed by atoms with Crippen molar-refractivity contribution in [2.45, 2.75) is 50.5 Å². The van der Waals surface area contributed by atoms with Gasteiger partial charge in [0.25, 0.3) is 0 Å². The van der Waals surface area contributed by atoms with Gasteiger partial charge in [-0.2, -0.15) is 12.6 Å². The Hall–Kier alpha value is -4.70. The molecule has 50 heavy (non-hydrogen) atoms.